The predicted molar refractivity (Wildman–Crippen MR) is 131 cm³/mol. The lowest BCUT2D eigenvalue weighted by Crippen LogP contribution is -2.41. The minimum absolute atomic E-state index is 0.135. The van der Waals surface area contributed by atoms with Gasteiger partial charge in [-0.05, 0) is 43.5 Å². The smallest absolute Gasteiger partial charge is 0.255 e. The van der Waals surface area contributed by atoms with Crippen LogP contribution in [0.3, 0.4) is 0 Å². The number of hydrogen-bond acceptors (Lipinski definition) is 6. The monoisotopic (exact) mass is 465 g/mol. The summed E-state index contributed by atoms with van der Waals surface area (Å²) in [7, 11) is 0. The topological polar surface area (TPSA) is 63.7 Å². The van der Waals surface area contributed by atoms with E-state index in [-0.39, 0.29) is 11.9 Å². The van der Waals surface area contributed by atoms with Crippen LogP contribution in [0.15, 0.2) is 65.5 Å². The molecule has 1 atom stereocenters. The van der Waals surface area contributed by atoms with Gasteiger partial charge in [0, 0.05) is 31.1 Å². The average molecular weight is 466 g/mol. The first-order valence-corrected chi connectivity index (χ1v) is 12.5. The van der Waals surface area contributed by atoms with Crippen LogP contribution in [0.1, 0.15) is 34.5 Å². The molecule has 4 rings (SSSR count). The van der Waals surface area contributed by atoms with E-state index < -0.39 is 0 Å². The maximum Gasteiger partial charge on any atom is 0.255 e. The van der Waals surface area contributed by atoms with E-state index in [0.29, 0.717) is 37.7 Å². The molecule has 0 saturated carbocycles. The number of aromatic nitrogens is 1. The second-order valence-corrected chi connectivity index (χ2v) is 8.90. The second-order valence-electron chi connectivity index (χ2n) is 8.18. The molecule has 2 heterocycles. The molecule has 174 valence electrons. The number of ether oxygens (including phenoxy) is 2. The van der Waals surface area contributed by atoms with Crippen molar-refractivity contribution in [3.05, 3.63) is 82.3 Å². The number of carbonyl (C=O) groups excluding carboxylic acids is 1. The van der Waals surface area contributed by atoms with E-state index in [1.54, 1.807) is 11.3 Å². The fourth-order valence-corrected chi connectivity index (χ4v) is 4.56. The molecule has 1 N–H and O–H groups in total. The van der Waals surface area contributed by atoms with Crippen LogP contribution in [0.5, 0.6) is 5.75 Å². The van der Waals surface area contributed by atoms with Crippen LogP contribution in [-0.4, -0.2) is 54.7 Å². The lowest BCUT2D eigenvalue weighted by molar-refractivity contribution is 0.0908. The number of carbonyl (C=O) groups is 1. The van der Waals surface area contributed by atoms with Gasteiger partial charge in [0.05, 0.1) is 23.4 Å². The van der Waals surface area contributed by atoms with Crippen molar-refractivity contribution in [1.29, 1.82) is 0 Å². The maximum absolute atomic E-state index is 12.7. The molecule has 6 nitrogen and oxygen atoms in total. The molecule has 1 aliphatic rings. The van der Waals surface area contributed by atoms with E-state index in [9.17, 15) is 4.79 Å². The summed E-state index contributed by atoms with van der Waals surface area (Å²) in [6, 6.07) is 18.1. The van der Waals surface area contributed by atoms with Gasteiger partial charge in [0.15, 0.2) is 0 Å². The maximum atomic E-state index is 12.7. The summed E-state index contributed by atoms with van der Waals surface area (Å²) in [4.78, 5) is 19.7. The number of para-hydroxylation sites is 1. The number of thiazole rings is 1. The highest BCUT2D eigenvalue weighted by Crippen LogP contribution is 2.21. The standard InChI is InChI=1S/C26H31N3O3S/c30-26-24-10-4-5-11-25(24)32-18-23(16-21-8-2-1-3-9-21)29(17-22-19-33-20-28-22)13-6-7-14-31-15-12-27-26/h1-5,8-11,19-20,23H,6-7,12-18H2,(H,27,30)/t23-/m0/s1. The predicted octanol–water partition coefficient (Wildman–Crippen LogP) is 4.18. The van der Waals surface area contributed by atoms with Gasteiger partial charge in [-0.25, -0.2) is 4.98 Å². The number of benzene rings is 2. The van der Waals surface area contributed by atoms with Crippen molar-refractivity contribution in [3.8, 4) is 5.75 Å². The van der Waals surface area contributed by atoms with E-state index in [1.165, 1.54) is 5.56 Å². The van der Waals surface area contributed by atoms with Gasteiger partial charge in [0.2, 0.25) is 0 Å². The molecule has 2 aromatic carbocycles. The number of nitrogens with zero attached hydrogens (tertiary/aromatic N) is 2. The molecule has 0 unspecified atom stereocenters. The van der Waals surface area contributed by atoms with E-state index in [2.05, 4.69) is 44.8 Å². The average Bonchev–Trinajstić information content (AvgIpc) is 3.36. The zero-order chi connectivity index (χ0) is 22.7. The Labute approximate surface area is 199 Å². The molecule has 33 heavy (non-hydrogen) atoms. The summed E-state index contributed by atoms with van der Waals surface area (Å²) in [5.41, 5.74) is 4.78. The molecular formula is C26H31N3O3S. The molecule has 7 heteroatoms. The quantitative estimate of drug-likeness (QED) is 0.626. The molecule has 1 amide bonds. The van der Waals surface area contributed by atoms with Crippen LogP contribution in [0.2, 0.25) is 0 Å². The molecule has 0 radical (unpaired) electrons. The van der Waals surface area contributed by atoms with Crippen molar-refractivity contribution in [2.75, 3.05) is 32.9 Å². The molecular weight excluding hydrogens is 434 g/mol. The Morgan fingerprint density at radius 2 is 1.91 bits per heavy atom. The first-order chi connectivity index (χ1) is 16.3. The van der Waals surface area contributed by atoms with Crippen LogP contribution in [-0.2, 0) is 17.7 Å². The highest BCUT2D eigenvalue weighted by atomic mass is 32.1. The highest BCUT2D eigenvalue weighted by molar-refractivity contribution is 7.07. The van der Waals surface area contributed by atoms with Crippen molar-refractivity contribution < 1.29 is 14.3 Å². The van der Waals surface area contributed by atoms with Crippen LogP contribution in [0.25, 0.3) is 0 Å². The van der Waals surface area contributed by atoms with Gasteiger partial charge in [0.1, 0.15) is 12.4 Å². The minimum atomic E-state index is -0.136. The Kier molecular flexibility index (Phi) is 8.86. The SMILES string of the molecule is O=C1NCCOCCCCN(Cc2cscn2)[C@@H](Cc2ccccc2)COc2ccccc21. The van der Waals surface area contributed by atoms with E-state index in [0.717, 1.165) is 38.0 Å². The van der Waals surface area contributed by atoms with Crippen molar-refractivity contribution in [1.82, 2.24) is 15.2 Å². The zero-order valence-electron chi connectivity index (χ0n) is 18.8. The lowest BCUT2D eigenvalue weighted by atomic mass is 10.0. The van der Waals surface area contributed by atoms with Crippen molar-refractivity contribution in [2.24, 2.45) is 0 Å². The van der Waals surface area contributed by atoms with Gasteiger partial charge in [-0.1, -0.05) is 42.5 Å². The van der Waals surface area contributed by atoms with E-state index in [4.69, 9.17) is 9.47 Å². The van der Waals surface area contributed by atoms with Crippen LogP contribution in [0, 0.1) is 0 Å². The zero-order valence-corrected chi connectivity index (χ0v) is 19.6. The summed E-state index contributed by atoms with van der Waals surface area (Å²) in [5.74, 6) is 0.473. The Morgan fingerprint density at radius 3 is 2.76 bits per heavy atom. The van der Waals surface area contributed by atoms with E-state index in [1.807, 2.05) is 35.8 Å². The molecule has 0 aliphatic carbocycles. The minimum Gasteiger partial charge on any atom is -0.491 e. The highest BCUT2D eigenvalue weighted by Gasteiger charge is 2.22. The Hall–Kier alpha value is -2.74. The van der Waals surface area contributed by atoms with Crippen molar-refractivity contribution in [3.63, 3.8) is 0 Å². The summed E-state index contributed by atoms with van der Waals surface area (Å²) in [5, 5.41) is 5.05. The summed E-state index contributed by atoms with van der Waals surface area (Å²) >= 11 is 1.62. The van der Waals surface area contributed by atoms with E-state index >= 15 is 0 Å². The van der Waals surface area contributed by atoms with Crippen LogP contribution >= 0.6 is 11.3 Å². The number of rotatable bonds is 4. The molecule has 0 fully saturated rings. The van der Waals surface area contributed by atoms with Gasteiger partial charge >= 0.3 is 0 Å². The van der Waals surface area contributed by atoms with Gasteiger partial charge in [-0.15, -0.1) is 11.3 Å². The Bertz CT molecular complexity index is 981. The lowest BCUT2D eigenvalue weighted by Gasteiger charge is -2.31. The van der Waals surface area contributed by atoms with Crippen molar-refractivity contribution >= 4 is 17.2 Å². The van der Waals surface area contributed by atoms with Gasteiger partial charge in [-0.3, -0.25) is 9.69 Å². The van der Waals surface area contributed by atoms with Crippen LogP contribution in [0.4, 0.5) is 0 Å². The third-order valence-electron chi connectivity index (χ3n) is 5.76. The Balaban J connectivity index is 1.59. The third-order valence-corrected chi connectivity index (χ3v) is 6.39. The van der Waals surface area contributed by atoms with Gasteiger partial charge in [-0.2, -0.15) is 0 Å². The largest absolute Gasteiger partial charge is 0.491 e. The first kappa shape index (κ1) is 23.4. The molecule has 1 aromatic heterocycles. The number of hydrogen-bond donors (Lipinski definition) is 1. The summed E-state index contributed by atoms with van der Waals surface area (Å²) in [6.07, 6.45) is 2.86. The third kappa shape index (κ3) is 7.12. The molecule has 0 spiro atoms. The summed E-state index contributed by atoms with van der Waals surface area (Å²) in [6.45, 7) is 3.87. The normalized spacial score (nSPS) is 18.9. The molecule has 3 aromatic rings. The fraction of sp³-hybridized carbons (Fsp3) is 0.385. The number of nitrogens with one attached hydrogen (secondary N) is 1. The molecule has 0 saturated heterocycles. The number of fused-ring (bicyclic) bond motifs is 1. The Morgan fingerprint density at radius 1 is 1.06 bits per heavy atom. The second kappa shape index (κ2) is 12.5. The van der Waals surface area contributed by atoms with Crippen LogP contribution < -0.4 is 10.1 Å². The summed E-state index contributed by atoms with van der Waals surface area (Å²) < 4.78 is 12.1. The van der Waals surface area contributed by atoms with Crippen molar-refractivity contribution in [2.45, 2.75) is 31.8 Å². The van der Waals surface area contributed by atoms with Gasteiger partial charge in [0.25, 0.3) is 5.91 Å². The number of amides is 1. The molecule has 0 bridgehead atoms. The molecule has 1 aliphatic heterocycles. The fourth-order valence-electron chi connectivity index (χ4n) is 4.01. The van der Waals surface area contributed by atoms with Gasteiger partial charge < -0.3 is 14.8 Å². The first-order valence-electron chi connectivity index (χ1n) is 11.5.